The summed E-state index contributed by atoms with van der Waals surface area (Å²) in [7, 11) is -1.69. The van der Waals surface area contributed by atoms with Crippen LogP contribution in [0.5, 0.6) is 17.4 Å². The van der Waals surface area contributed by atoms with E-state index in [2.05, 4.69) is 14.7 Å². The molecule has 0 spiro atoms. The Bertz CT molecular complexity index is 1920. The highest BCUT2D eigenvalue weighted by molar-refractivity contribution is 7.84. The molecule has 0 bridgehead atoms. The molecule has 4 aromatic rings. The number of aromatic nitrogens is 2. The molecule has 0 saturated carbocycles. The molecule has 2 aromatic heterocycles. The van der Waals surface area contributed by atoms with E-state index in [0.29, 0.717) is 0 Å². The maximum atomic E-state index is 15.1. The lowest BCUT2D eigenvalue weighted by Gasteiger charge is -2.32. The number of carbonyl (C=O) groups is 1. The summed E-state index contributed by atoms with van der Waals surface area (Å²) < 4.78 is 91.7. The van der Waals surface area contributed by atoms with Gasteiger partial charge in [0.15, 0.2) is 11.5 Å². The van der Waals surface area contributed by atoms with Crippen LogP contribution < -0.4 is 18.9 Å². The summed E-state index contributed by atoms with van der Waals surface area (Å²) >= 11 is 0. The van der Waals surface area contributed by atoms with Crippen molar-refractivity contribution in [2.75, 3.05) is 19.8 Å². The van der Waals surface area contributed by atoms with E-state index in [4.69, 9.17) is 19.3 Å². The zero-order valence-corrected chi connectivity index (χ0v) is 29.7. The number of benzene rings is 2. The van der Waals surface area contributed by atoms with E-state index in [0.717, 1.165) is 30.0 Å². The van der Waals surface area contributed by atoms with Crippen LogP contribution in [0.25, 0.3) is 11.3 Å². The van der Waals surface area contributed by atoms with Crippen LogP contribution >= 0.6 is 0 Å². The molecule has 10 nitrogen and oxygen atoms in total. The Morgan fingerprint density at radius 2 is 1.75 bits per heavy atom. The van der Waals surface area contributed by atoms with Crippen LogP contribution in [-0.2, 0) is 28.7 Å². The number of pyridine rings is 2. The summed E-state index contributed by atoms with van der Waals surface area (Å²) in [6.07, 6.45) is -6.20. The minimum absolute atomic E-state index is 0.0111. The Morgan fingerprint density at radius 3 is 2.38 bits per heavy atom. The van der Waals surface area contributed by atoms with E-state index < -0.39 is 63.2 Å². The molecule has 278 valence electrons. The lowest BCUT2D eigenvalue weighted by Crippen LogP contribution is -2.47. The maximum absolute atomic E-state index is 15.1. The topological polar surface area (TPSA) is 140 Å². The van der Waals surface area contributed by atoms with Crippen molar-refractivity contribution < 1.29 is 51.0 Å². The van der Waals surface area contributed by atoms with Gasteiger partial charge in [-0.15, -0.1) is 0 Å². The van der Waals surface area contributed by atoms with Crippen LogP contribution in [-0.4, -0.2) is 60.9 Å². The number of Topliss-reactive ketones (excluding diaryl/α,β-unsaturated/α-hetero) is 1. The second-order valence-electron chi connectivity index (χ2n) is 13.5. The van der Waals surface area contributed by atoms with Crippen LogP contribution in [0.4, 0.5) is 17.6 Å². The monoisotopic (exact) mass is 745 g/mol. The normalized spacial score (nSPS) is 17.5. The van der Waals surface area contributed by atoms with Gasteiger partial charge < -0.3 is 24.4 Å². The summed E-state index contributed by atoms with van der Waals surface area (Å²) in [6.45, 7) is 6.24. The number of hydrogen-bond acceptors (Lipinski definition) is 9. The van der Waals surface area contributed by atoms with Crippen molar-refractivity contribution in [2.45, 2.75) is 69.2 Å². The Hall–Kier alpha value is -4.44. The number of ether oxygens (including phenoxy) is 3. The van der Waals surface area contributed by atoms with Gasteiger partial charge in [-0.05, 0) is 70.0 Å². The van der Waals surface area contributed by atoms with Crippen LogP contribution in [0.15, 0.2) is 72.9 Å². The van der Waals surface area contributed by atoms with E-state index in [-0.39, 0.29) is 66.2 Å². The third-order valence-corrected chi connectivity index (χ3v) is 10.1. The van der Waals surface area contributed by atoms with Crippen LogP contribution in [0.1, 0.15) is 67.7 Å². The van der Waals surface area contributed by atoms with Crippen molar-refractivity contribution in [2.24, 2.45) is 0 Å². The molecular weight excluding hydrogens is 706 g/mol. The number of hydrogen-bond donors (Lipinski definition) is 3. The maximum Gasteiger partial charge on any atom is 0.422 e. The quantitative estimate of drug-likeness (QED) is 0.100. The molecular formula is C37H39F4N3O7S. The molecule has 0 aliphatic carbocycles. The second kappa shape index (κ2) is 15.3. The van der Waals surface area contributed by atoms with Gasteiger partial charge in [0.1, 0.15) is 37.1 Å². The van der Waals surface area contributed by atoms with Gasteiger partial charge in [-0.25, -0.2) is 23.3 Å². The first-order valence-electron chi connectivity index (χ1n) is 16.3. The van der Waals surface area contributed by atoms with E-state index in [1.54, 1.807) is 52.0 Å². The zero-order chi connectivity index (χ0) is 37.9. The fourth-order valence-electron chi connectivity index (χ4n) is 5.40. The number of alkyl halides is 3. The second-order valence-corrected chi connectivity index (χ2v) is 15.5. The van der Waals surface area contributed by atoms with Gasteiger partial charge in [0, 0.05) is 29.8 Å². The summed E-state index contributed by atoms with van der Waals surface area (Å²) in [4.78, 5) is 21.9. The lowest BCUT2D eigenvalue weighted by molar-refractivity contribution is -0.270. The van der Waals surface area contributed by atoms with E-state index in [9.17, 15) is 18.5 Å². The van der Waals surface area contributed by atoms with E-state index in [1.807, 2.05) is 6.07 Å². The molecule has 0 fully saturated rings. The number of aliphatic hydroxyl groups is 2. The third kappa shape index (κ3) is 8.44. The predicted molar refractivity (Wildman–Crippen MR) is 185 cm³/mol. The number of nitrogens with one attached hydrogen (secondary N) is 1. The Morgan fingerprint density at radius 1 is 1.06 bits per heavy atom. The summed E-state index contributed by atoms with van der Waals surface area (Å²) in [5.74, 6) is -1.34. The highest BCUT2D eigenvalue weighted by Crippen LogP contribution is 2.49. The third-order valence-electron chi connectivity index (χ3n) is 8.39. The average molecular weight is 746 g/mol. The highest BCUT2D eigenvalue weighted by atomic mass is 32.2. The molecule has 0 radical (unpaired) electrons. The number of nitrogens with zero attached hydrogens (tertiary/aromatic N) is 2. The van der Waals surface area contributed by atoms with Gasteiger partial charge in [-0.1, -0.05) is 30.3 Å². The van der Waals surface area contributed by atoms with Crippen molar-refractivity contribution in [1.29, 1.82) is 0 Å². The predicted octanol–water partition coefficient (Wildman–Crippen LogP) is 6.31. The fourth-order valence-corrected chi connectivity index (χ4v) is 6.28. The van der Waals surface area contributed by atoms with Crippen molar-refractivity contribution in [3.63, 3.8) is 0 Å². The number of halogens is 4. The molecule has 5 rings (SSSR count). The lowest BCUT2D eigenvalue weighted by atomic mass is 9.86. The summed E-state index contributed by atoms with van der Waals surface area (Å²) in [5, 5.41) is 20.7. The van der Waals surface area contributed by atoms with E-state index in [1.165, 1.54) is 18.2 Å². The van der Waals surface area contributed by atoms with Crippen molar-refractivity contribution in [3.05, 3.63) is 101 Å². The molecule has 2 aromatic carbocycles. The van der Waals surface area contributed by atoms with Gasteiger partial charge in [0.05, 0.1) is 39.1 Å². The summed E-state index contributed by atoms with van der Waals surface area (Å²) in [5.41, 5.74) is -4.96. The first kappa shape index (κ1) is 38.8. The zero-order valence-electron chi connectivity index (χ0n) is 28.9. The van der Waals surface area contributed by atoms with Crippen molar-refractivity contribution >= 4 is 16.8 Å². The SMILES string of the molecule is CC1(NS(=O)C(C)(C)C)COc2c1cc(C(O)(CCC(=O)c1cnc(OCCO)cc1OCc1ccccc1)C(F)(F)F)nc2-c1ccc(F)cc1. The molecule has 0 saturated heterocycles. The van der Waals surface area contributed by atoms with Gasteiger partial charge >= 0.3 is 6.18 Å². The Labute approximate surface area is 300 Å². The van der Waals surface area contributed by atoms with E-state index >= 15 is 13.2 Å². The molecule has 52 heavy (non-hydrogen) atoms. The molecule has 3 unspecified atom stereocenters. The first-order valence-corrected chi connectivity index (χ1v) is 17.5. The van der Waals surface area contributed by atoms with Gasteiger partial charge in [-0.2, -0.15) is 13.2 Å². The molecule has 1 aliphatic rings. The Balaban J connectivity index is 1.54. The average Bonchev–Trinajstić information content (AvgIpc) is 3.43. The molecule has 1 aliphatic heterocycles. The van der Waals surface area contributed by atoms with Gasteiger partial charge in [0.2, 0.25) is 11.5 Å². The van der Waals surface area contributed by atoms with Crippen molar-refractivity contribution in [3.8, 4) is 28.6 Å². The smallest absolute Gasteiger partial charge is 0.422 e. The number of rotatable bonds is 14. The molecule has 3 atom stereocenters. The number of carbonyl (C=O) groups excluding carboxylic acids is 1. The largest absolute Gasteiger partial charge is 0.489 e. The van der Waals surface area contributed by atoms with Gasteiger partial charge in [-0.3, -0.25) is 4.79 Å². The van der Waals surface area contributed by atoms with Gasteiger partial charge in [0.25, 0.3) is 0 Å². The highest BCUT2D eigenvalue weighted by Gasteiger charge is 2.57. The molecule has 3 heterocycles. The first-order chi connectivity index (χ1) is 24.4. The van der Waals surface area contributed by atoms with Crippen LogP contribution in [0, 0.1) is 5.82 Å². The minimum atomic E-state index is -5.33. The molecule has 15 heteroatoms. The Kier molecular flexibility index (Phi) is 11.4. The standard InChI is InChI=1S/C37H39F4N3O7S/c1-34(2,3)52(48)44-35(4)22-51-33-27(35)18-30(43-32(33)24-10-12-25(38)13-11-24)36(47,37(39,40)41)15-14-28(46)26-20-42-31(49-17-16-45)19-29(26)50-21-23-8-6-5-7-9-23/h5-13,18-20,44-45,47H,14-17,21-22H2,1-4H3. The van der Waals surface area contributed by atoms with Crippen molar-refractivity contribution in [1.82, 2.24) is 14.7 Å². The summed E-state index contributed by atoms with van der Waals surface area (Å²) in [6, 6.07) is 16.1. The number of aliphatic hydroxyl groups excluding tert-OH is 1. The number of ketones is 1. The van der Waals surface area contributed by atoms with Crippen LogP contribution in [0.3, 0.4) is 0 Å². The van der Waals surface area contributed by atoms with Crippen LogP contribution in [0.2, 0.25) is 0 Å². The fraction of sp³-hybridized carbons (Fsp3) is 0.378. The minimum Gasteiger partial charge on any atom is -0.489 e. The molecule has 0 amide bonds. The number of fused-ring (bicyclic) bond motifs is 1. The molecule has 3 N–H and O–H groups in total.